The van der Waals surface area contributed by atoms with Crippen LogP contribution in [0.25, 0.3) is 0 Å². The van der Waals surface area contributed by atoms with E-state index >= 15 is 0 Å². The number of amides is 1. The first kappa shape index (κ1) is 20.3. The normalized spacial score (nSPS) is 10.4. The number of anilines is 1. The van der Waals surface area contributed by atoms with Gasteiger partial charge in [-0.1, -0.05) is 53.0 Å². The molecule has 1 amide bonds. The van der Waals surface area contributed by atoms with Crippen LogP contribution < -0.4 is 14.8 Å². The third-order valence-corrected chi connectivity index (χ3v) is 4.97. The van der Waals surface area contributed by atoms with Crippen LogP contribution in [0.1, 0.15) is 15.9 Å². The van der Waals surface area contributed by atoms with Gasteiger partial charge in [-0.05, 0) is 42.5 Å². The summed E-state index contributed by atoms with van der Waals surface area (Å²) >= 11 is 18.1. The van der Waals surface area contributed by atoms with Gasteiger partial charge in [0.05, 0.1) is 27.9 Å². The summed E-state index contributed by atoms with van der Waals surface area (Å²) in [5, 5.41) is 3.65. The summed E-state index contributed by atoms with van der Waals surface area (Å²) < 4.78 is 11.1. The van der Waals surface area contributed by atoms with E-state index in [0.29, 0.717) is 32.1 Å². The van der Waals surface area contributed by atoms with Crippen LogP contribution in [-0.2, 0) is 6.61 Å². The van der Waals surface area contributed by atoms with Crippen molar-refractivity contribution in [2.45, 2.75) is 6.61 Å². The van der Waals surface area contributed by atoms with Gasteiger partial charge in [0, 0.05) is 11.1 Å². The van der Waals surface area contributed by atoms with Crippen molar-refractivity contribution in [2.75, 3.05) is 12.4 Å². The number of carbonyl (C=O) groups is 1. The van der Waals surface area contributed by atoms with E-state index in [9.17, 15) is 4.79 Å². The monoisotopic (exact) mass is 435 g/mol. The maximum absolute atomic E-state index is 12.7. The lowest BCUT2D eigenvalue weighted by Gasteiger charge is -2.13. The van der Waals surface area contributed by atoms with Crippen LogP contribution in [0, 0.1) is 0 Å². The Morgan fingerprint density at radius 3 is 2.36 bits per heavy atom. The van der Waals surface area contributed by atoms with E-state index in [1.165, 1.54) is 12.1 Å². The van der Waals surface area contributed by atoms with Crippen molar-refractivity contribution in [1.29, 1.82) is 0 Å². The maximum Gasteiger partial charge on any atom is 0.255 e. The number of hydrogen-bond acceptors (Lipinski definition) is 3. The molecule has 0 saturated heterocycles. The lowest BCUT2D eigenvalue weighted by molar-refractivity contribution is 0.102. The van der Waals surface area contributed by atoms with Crippen LogP contribution in [0.5, 0.6) is 11.5 Å². The van der Waals surface area contributed by atoms with E-state index < -0.39 is 0 Å². The van der Waals surface area contributed by atoms with Crippen molar-refractivity contribution >= 4 is 46.4 Å². The summed E-state index contributed by atoms with van der Waals surface area (Å²) in [6.07, 6.45) is 0. The SMILES string of the molecule is COc1ccc(C(=O)Nc2cc(Cl)c(Cl)cc2Cl)cc1COc1ccccc1. The molecule has 0 spiro atoms. The molecule has 144 valence electrons. The fourth-order valence-corrected chi connectivity index (χ4v) is 3.12. The van der Waals surface area contributed by atoms with Gasteiger partial charge >= 0.3 is 0 Å². The van der Waals surface area contributed by atoms with Gasteiger partial charge in [-0.25, -0.2) is 0 Å². The Labute approximate surface area is 177 Å². The molecular formula is C21H16Cl3NO3. The molecule has 0 atom stereocenters. The van der Waals surface area contributed by atoms with Crippen molar-refractivity contribution in [1.82, 2.24) is 0 Å². The van der Waals surface area contributed by atoms with Crippen molar-refractivity contribution in [3.63, 3.8) is 0 Å². The first-order valence-corrected chi connectivity index (χ1v) is 9.42. The highest BCUT2D eigenvalue weighted by Crippen LogP contribution is 2.32. The van der Waals surface area contributed by atoms with Gasteiger partial charge in [-0.15, -0.1) is 0 Å². The molecule has 0 fully saturated rings. The van der Waals surface area contributed by atoms with E-state index in [-0.39, 0.29) is 12.5 Å². The summed E-state index contributed by atoms with van der Waals surface area (Å²) in [5.41, 5.74) is 1.54. The molecule has 3 aromatic rings. The quantitative estimate of drug-likeness (QED) is 0.449. The second-order valence-electron chi connectivity index (χ2n) is 5.83. The number of methoxy groups -OCH3 is 1. The number of carbonyl (C=O) groups excluding carboxylic acids is 1. The van der Waals surface area contributed by atoms with E-state index in [4.69, 9.17) is 44.3 Å². The third kappa shape index (κ3) is 4.90. The number of nitrogens with one attached hydrogen (secondary N) is 1. The predicted octanol–water partition coefficient (Wildman–Crippen LogP) is 6.49. The van der Waals surface area contributed by atoms with E-state index in [1.54, 1.807) is 25.3 Å². The van der Waals surface area contributed by atoms with Gasteiger partial charge in [0.25, 0.3) is 5.91 Å². The molecule has 1 N–H and O–H groups in total. The fourth-order valence-electron chi connectivity index (χ4n) is 2.52. The Kier molecular flexibility index (Phi) is 6.68. The summed E-state index contributed by atoms with van der Waals surface area (Å²) in [4.78, 5) is 12.7. The van der Waals surface area contributed by atoms with Gasteiger partial charge in [0.15, 0.2) is 0 Å². The fraction of sp³-hybridized carbons (Fsp3) is 0.0952. The van der Waals surface area contributed by atoms with E-state index in [2.05, 4.69) is 5.32 Å². The van der Waals surface area contributed by atoms with Crippen LogP contribution in [0.15, 0.2) is 60.7 Å². The van der Waals surface area contributed by atoms with E-state index in [1.807, 2.05) is 30.3 Å². The Morgan fingerprint density at radius 1 is 0.929 bits per heavy atom. The Balaban J connectivity index is 1.80. The molecule has 3 aromatic carbocycles. The molecule has 0 bridgehead atoms. The van der Waals surface area contributed by atoms with Crippen molar-refractivity contribution in [3.05, 3.63) is 86.9 Å². The number of halogens is 3. The highest BCUT2D eigenvalue weighted by atomic mass is 35.5. The maximum atomic E-state index is 12.7. The standard InChI is InChI=1S/C21H16Cl3NO3/c1-27-20-8-7-13(9-14(20)12-28-15-5-3-2-4-6-15)21(26)25-19-11-17(23)16(22)10-18(19)24/h2-11H,12H2,1H3,(H,25,26). The molecule has 0 radical (unpaired) electrons. The predicted molar refractivity (Wildman–Crippen MR) is 113 cm³/mol. The Bertz CT molecular complexity index is 994. The van der Waals surface area contributed by atoms with E-state index in [0.717, 1.165) is 11.3 Å². The first-order valence-electron chi connectivity index (χ1n) is 8.28. The lowest BCUT2D eigenvalue weighted by Crippen LogP contribution is -2.13. The third-order valence-electron chi connectivity index (χ3n) is 3.94. The second kappa shape index (κ2) is 9.20. The molecular weight excluding hydrogens is 421 g/mol. The smallest absolute Gasteiger partial charge is 0.255 e. The number of hydrogen-bond donors (Lipinski definition) is 1. The minimum Gasteiger partial charge on any atom is -0.496 e. The Morgan fingerprint density at radius 2 is 1.64 bits per heavy atom. The number of ether oxygens (including phenoxy) is 2. The molecule has 0 saturated carbocycles. The van der Waals surface area contributed by atoms with Gasteiger partial charge < -0.3 is 14.8 Å². The largest absolute Gasteiger partial charge is 0.496 e. The van der Waals surface area contributed by atoms with Gasteiger partial charge in [0.2, 0.25) is 0 Å². The second-order valence-corrected chi connectivity index (χ2v) is 7.05. The Hall–Kier alpha value is -2.40. The van der Waals surface area contributed by atoms with Crippen LogP contribution in [0.3, 0.4) is 0 Å². The van der Waals surface area contributed by atoms with Crippen molar-refractivity contribution < 1.29 is 14.3 Å². The summed E-state index contributed by atoms with van der Waals surface area (Å²) in [5.74, 6) is 1.01. The average molecular weight is 437 g/mol. The van der Waals surface area contributed by atoms with Gasteiger partial charge in [-0.2, -0.15) is 0 Å². The molecule has 0 aliphatic heterocycles. The highest BCUT2D eigenvalue weighted by molar-refractivity contribution is 6.44. The van der Waals surface area contributed by atoms with Crippen LogP contribution in [-0.4, -0.2) is 13.0 Å². The molecule has 0 aromatic heterocycles. The first-order chi connectivity index (χ1) is 13.5. The molecule has 0 aliphatic carbocycles. The molecule has 3 rings (SSSR count). The molecule has 28 heavy (non-hydrogen) atoms. The van der Waals surface area contributed by atoms with Gasteiger partial charge in [0.1, 0.15) is 18.1 Å². The number of rotatable bonds is 6. The minimum absolute atomic E-state index is 0.252. The molecule has 7 heteroatoms. The summed E-state index contributed by atoms with van der Waals surface area (Å²) in [6.45, 7) is 0.252. The highest BCUT2D eigenvalue weighted by Gasteiger charge is 2.14. The number of benzene rings is 3. The van der Waals surface area contributed by atoms with Crippen molar-refractivity contribution in [2.24, 2.45) is 0 Å². The topological polar surface area (TPSA) is 47.6 Å². The minimum atomic E-state index is -0.344. The van der Waals surface area contributed by atoms with Crippen LogP contribution in [0.4, 0.5) is 5.69 Å². The molecule has 0 unspecified atom stereocenters. The lowest BCUT2D eigenvalue weighted by atomic mass is 10.1. The summed E-state index contributed by atoms with van der Waals surface area (Å²) in [7, 11) is 1.57. The summed E-state index contributed by atoms with van der Waals surface area (Å²) in [6, 6.07) is 17.5. The average Bonchev–Trinajstić information content (AvgIpc) is 2.71. The zero-order valence-corrected chi connectivity index (χ0v) is 17.1. The van der Waals surface area contributed by atoms with Crippen LogP contribution in [0.2, 0.25) is 15.1 Å². The van der Waals surface area contributed by atoms with Gasteiger partial charge in [-0.3, -0.25) is 4.79 Å². The molecule has 4 nitrogen and oxygen atoms in total. The number of para-hydroxylation sites is 1. The molecule has 0 heterocycles. The van der Waals surface area contributed by atoms with Crippen LogP contribution >= 0.6 is 34.8 Å². The van der Waals surface area contributed by atoms with Crippen molar-refractivity contribution in [3.8, 4) is 11.5 Å². The zero-order chi connectivity index (χ0) is 20.1. The zero-order valence-electron chi connectivity index (χ0n) is 14.8. The molecule has 0 aliphatic rings.